The highest BCUT2D eigenvalue weighted by atomic mass is 32.2. The topological polar surface area (TPSA) is 116 Å². The van der Waals surface area contributed by atoms with Crippen molar-refractivity contribution in [2.75, 3.05) is 24.5 Å². The monoisotopic (exact) mass is 462 g/mol. The number of amides is 3. The number of nitrogens with zero attached hydrogens (tertiary/aromatic N) is 2. The molecule has 1 saturated carbocycles. The van der Waals surface area contributed by atoms with Crippen molar-refractivity contribution in [2.24, 2.45) is 5.92 Å². The Morgan fingerprint density at radius 2 is 1.69 bits per heavy atom. The number of anilines is 1. The first-order valence-electron chi connectivity index (χ1n) is 11.3. The molecular formula is C22H30N4O5S. The first-order chi connectivity index (χ1) is 15.3. The SMILES string of the molecule is CC(NC(=O)C1CCN(S(=O)(=O)c2ccc(N3CCCC3=O)cc2)CC1)C(=O)NC1CC1. The second kappa shape index (κ2) is 9.19. The van der Waals surface area contributed by atoms with Crippen molar-refractivity contribution in [3.8, 4) is 0 Å². The van der Waals surface area contributed by atoms with E-state index in [1.807, 2.05) is 0 Å². The summed E-state index contributed by atoms with van der Waals surface area (Å²) in [5.74, 6) is -0.651. The summed E-state index contributed by atoms with van der Waals surface area (Å²) in [5, 5.41) is 5.62. The molecule has 0 bridgehead atoms. The molecule has 174 valence electrons. The number of hydrogen-bond acceptors (Lipinski definition) is 5. The molecule has 9 nitrogen and oxygen atoms in total. The van der Waals surface area contributed by atoms with Crippen molar-refractivity contribution >= 4 is 33.4 Å². The smallest absolute Gasteiger partial charge is 0.243 e. The molecule has 1 aromatic rings. The van der Waals surface area contributed by atoms with E-state index < -0.39 is 16.1 Å². The number of benzene rings is 1. The van der Waals surface area contributed by atoms with Gasteiger partial charge in [-0.15, -0.1) is 0 Å². The van der Waals surface area contributed by atoms with Crippen LogP contribution in [0.5, 0.6) is 0 Å². The predicted molar refractivity (Wildman–Crippen MR) is 118 cm³/mol. The van der Waals surface area contributed by atoms with E-state index in [0.717, 1.165) is 19.3 Å². The van der Waals surface area contributed by atoms with Crippen molar-refractivity contribution in [1.82, 2.24) is 14.9 Å². The third-order valence-corrected chi connectivity index (χ3v) is 8.27. The average Bonchev–Trinajstić information content (AvgIpc) is 3.50. The molecule has 32 heavy (non-hydrogen) atoms. The van der Waals surface area contributed by atoms with Crippen LogP contribution in [0.15, 0.2) is 29.2 Å². The zero-order valence-corrected chi connectivity index (χ0v) is 19.1. The fourth-order valence-electron chi connectivity index (χ4n) is 4.18. The van der Waals surface area contributed by atoms with Gasteiger partial charge in [0.2, 0.25) is 27.7 Å². The highest BCUT2D eigenvalue weighted by Crippen LogP contribution is 2.27. The van der Waals surface area contributed by atoms with E-state index in [1.54, 1.807) is 24.0 Å². The second-order valence-electron chi connectivity index (χ2n) is 8.83. The van der Waals surface area contributed by atoms with Gasteiger partial charge in [-0.1, -0.05) is 0 Å². The largest absolute Gasteiger partial charge is 0.352 e. The van der Waals surface area contributed by atoms with Gasteiger partial charge in [-0.2, -0.15) is 4.31 Å². The molecule has 2 saturated heterocycles. The quantitative estimate of drug-likeness (QED) is 0.627. The summed E-state index contributed by atoms with van der Waals surface area (Å²) >= 11 is 0. The summed E-state index contributed by atoms with van der Waals surface area (Å²) in [7, 11) is -3.67. The lowest BCUT2D eigenvalue weighted by atomic mass is 9.97. The fourth-order valence-corrected chi connectivity index (χ4v) is 5.65. The number of nitrogens with one attached hydrogen (secondary N) is 2. The molecule has 10 heteroatoms. The third kappa shape index (κ3) is 4.96. The number of carbonyl (C=O) groups is 3. The minimum atomic E-state index is -3.67. The standard InChI is InChI=1S/C22H30N4O5S/c1-15(21(28)24-17-4-5-17)23-22(29)16-10-13-25(14-11-16)32(30,31)19-8-6-18(7-9-19)26-12-2-3-20(26)27/h6-9,15-17H,2-5,10-14H2,1H3,(H,23,29)(H,24,28). The van der Waals surface area contributed by atoms with Crippen LogP contribution in [-0.4, -0.2) is 62.2 Å². The number of piperidine rings is 1. The van der Waals surface area contributed by atoms with Crippen LogP contribution in [0.3, 0.4) is 0 Å². The molecule has 4 rings (SSSR count). The minimum Gasteiger partial charge on any atom is -0.352 e. The van der Waals surface area contributed by atoms with E-state index in [1.165, 1.54) is 16.4 Å². The zero-order chi connectivity index (χ0) is 22.9. The summed E-state index contributed by atoms with van der Waals surface area (Å²) in [5.41, 5.74) is 0.710. The molecule has 1 unspecified atom stereocenters. The molecule has 2 heterocycles. The molecule has 1 aliphatic carbocycles. The lowest BCUT2D eigenvalue weighted by Gasteiger charge is -2.31. The van der Waals surface area contributed by atoms with Gasteiger partial charge in [0.05, 0.1) is 4.90 Å². The molecular weight excluding hydrogens is 432 g/mol. The van der Waals surface area contributed by atoms with Crippen molar-refractivity contribution < 1.29 is 22.8 Å². The summed E-state index contributed by atoms with van der Waals surface area (Å²) in [6, 6.07) is 6.05. The first kappa shape index (κ1) is 22.7. The Kier molecular flexibility index (Phi) is 6.52. The van der Waals surface area contributed by atoms with Crippen LogP contribution in [0.25, 0.3) is 0 Å². The highest BCUT2D eigenvalue weighted by Gasteiger charge is 2.34. The Hall–Kier alpha value is -2.46. The molecule has 2 aliphatic heterocycles. The maximum absolute atomic E-state index is 13.0. The third-order valence-electron chi connectivity index (χ3n) is 6.36. The maximum atomic E-state index is 13.0. The molecule has 3 fully saturated rings. The van der Waals surface area contributed by atoms with E-state index >= 15 is 0 Å². The molecule has 1 atom stereocenters. The van der Waals surface area contributed by atoms with Crippen LogP contribution in [0.2, 0.25) is 0 Å². The molecule has 0 radical (unpaired) electrons. The highest BCUT2D eigenvalue weighted by molar-refractivity contribution is 7.89. The zero-order valence-electron chi connectivity index (χ0n) is 18.2. The van der Waals surface area contributed by atoms with Crippen LogP contribution in [0.1, 0.15) is 45.4 Å². The van der Waals surface area contributed by atoms with Crippen molar-refractivity contribution in [3.63, 3.8) is 0 Å². The normalized spacial score (nSPS) is 21.4. The van der Waals surface area contributed by atoms with Gasteiger partial charge in [0.25, 0.3) is 0 Å². The number of sulfonamides is 1. The van der Waals surface area contributed by atoms with Gasteiger partial charge < -0.3 is 15.5 Å². The summed E-state index contributed by atoms with van der Waals surface area (Å²) < 4.78 is 27.5. The average molecular weight is 463 g/mol. The Balaban J connectivity index is 1.31. The van der Waals surface area contributed by atoms with Crippen LogP contribution < -0.4 is 15.5 Å². The number of rotatable bonds is 7. The van der Waals surface area contributed by atoms with E-state index in [2.05, 4.69) is 10.6 Å². The lowest BCUT2D eigenvalue weighted by molar-refractivity contribution is -0.131. The van der Waals surface area contributed by atoms with Crippen LogP contribution >= 0.6 is 0 Å². The molecule has 0 aromatic heterocycles. The molecule has 3 aliphatic rings. The first-order valence-corrected chi connectivity index (χ1v) is 12.7. The van der Waals surface area contributed by atoms with Crippen LogP contribution in [0, 0.1) is 5.92 Å². The van der Waals surface area contributed by atoms with Gasteiger partial charge in [-0.05, 0) is 63.3 Å². The maximum Gasteiger partial charge on any atom is 0.243 e. The van der Waals surface area contributed by atoms with Gasteiger partial charge >= 0.3 is 0 Å². The van der Waals surface area contributed by atoms with Gasteiger partial charge in [0.15, 0.2) is 0 Å². The lowest BCUT2D eigenvalue weighted by Crippen LogP contribution is -2.49. The van der Waals surface area contributed by atoms with Gasteiger partial charge in [0.1, 0.15) is 6.04 Å². The molecule has 1 aromatic carbocycles. The minimum absolute atomic E-state index is 0.0558. The van der Waals surface area contributed by atoms with Gasteiger partial charge in [-0.25, -0.2) is 8.42 Å². The Morgan fingerprint density at radius 1 is 1.03 bits per heavy atom. The van der Waals surface area contributed by atoms with E-state index in [9.17, 15) is 22.8 Å². The van der Waals surface area contributed by atoms with E-state index in [4.69, 9.17) is 0 Å². The number of hydrogen-bond donors (Lipinski definition) is 2. The summed E-state index contributed by atoms with van der Waals surface area (Å²) in [6.45, 7) is 2.81. The summed E-state index contributed by atoms with van der Waals surface area (Å²) in [4.78, 5) is 38.3. The number of carbonyl (C=O) groups excluding carboxylic acids is 3. The van der Waals surface area contributed by atoms with Crippen molar-refractivity contribution in [2.45, 2.75) is 62.4 Å². The van der Waals surface area contributed by atoms with E-state index in [0.29, 0.717) is 31.5 Å². The Morgan fingerprint density at radius 3 is 2.25 bits per heavy atom. The Bertz CT molecular complexity index is 982. The van der Waals surface area contributed by atoms with Crippen molar-refractivity contribution in [1.29, 1.82) is 0 Å². The summed E-state index contributed by atoms with van der Waals surface area (Å²) in [6.07, 6.45) is 4.11. The van der Waals surface area contributed by atoms with Crippen molar-refractivity contribution in [3.05, 3.63) is 24.3 Å². The fraction of sp³-hybridized carbons (Fsp3) is 0.591. The van der Waals surface area contributed by atoms with Crippen LogP contribution in [0.4, 0.5) is 5.69 Å². The van der Waals surface area contributed by atoms with Gasteiger partial charge in [-0.3, -0.25) is 14.4 Å². The van der Waals surface area contributed by atoms with Crippen LogP contribution in [-0.2, 0) is 24.4 Å². The molecule has 2 N–H and O–H groups in total. The van der Waals surface area contributed by atoms with E-state index in [-0.39, 0.29) is 47.7 Å². The van der Waals surface area contributed by atoms with Gasteiger partial charge in [0, 0.05) is 43.7 Å². The predicted octanol–water partition coefficient (Wildman–Crippen LogP) is 0.997. The Labute approximate surface area is 188 Å². The molecule has 0 spiro atoms. The second-order valence-corrected chi connectivity index (χ2v) is 10.8. The molecule has 3 amide bonds.